The van der Waals surface area contributed by atoms with Crippen LogP contribution in [0.5, 0.6) is 0 Å². The fourth-order valence-electron chi connectivity index (χ4n) is 1.74. The molecular weight excluding hydrogens is 279 g/mol. The van der Waals surface area contributed by atoms with E-state index in [2.05, 4.69) is 5.32 Å². The number of carbonyl (C=O) groups excluding carboxylic acids is 1. The molecule has 0 fully saturated rings. The normalized spacial score (nSPS) is 10.3. The highest BCUT2D eigenvalue weighted by molar-refractivity contribution is 6.30. The Hall–Kier alpha value is -2.07. The average molecular weight is 293 g/mol. The van der Waals surface area contributed by atoms with Gasteiger partial charge >= 0.3 is 0 Å². The van der Waals surface area contributed by atoms with Gasteiger partial charge in [0.05, 0.1) is 5.02 Å². The van der Waals surface area contributed by atoms with Gasteiger partial charge in [0.2, 0.25) is 0 Å². The summed E-state index contributed by atoms with van der Waals surface area (Å²) in [5.41, 5.74) is 7.62. The molecule has 0 saturated heterocycles. The number of nitrogen functional groups attached to an aromatic ring is 1. The van der Waals surface area contributed by atoms with Crippen LogP contribution in [0.2, 0.25) is 5.02 Å². The van der Waals surface area contributed by atoms with E-state index in [4.69, 9.17) is 17.3 Å². The lowest BCUT2D eigenvalue weighted by Gasteiger charge is -2.06. The van der Waals surface area contributed by atoms with E-state index in [0.29, 0.717) is 18.7 Å². The van der Waals surface area contributed by atoms with E-state index >= 15 is 0 Å². The van der Waals surface area contributed by atoms with Gasteiger partial charge < -0.3 is 11.1 Å². The molecule has 0 bridgehead atoms. The smallest absolute Gasteiger partial charge is 0.251 e. The molecule has 0 unspecified atom stereocenters. The summed E-state index contributed by atoms with van der Waals surface area (Å²) in [5.74, 6) is -0.922. The number of hydrogen-bond donors (Lipinski definition) is 2. The van der Waals surface area contributed by atoms with Gasteiger partial charge in [-0.05, 0) is 42.3 Å². The molecule has 0 aromatic heterocycles. The minimum Gasteiger partial charge on any atom is -0.399 e. The van der Waals surface area contributed by atoms with Crippen LogP contribution in [0.4, 0.5) is 10.1 Å². The molecular formula is C15H14ClFN2O. The molecule has 0 aliphatic rings. The lowest BCUT2D eigenvalue weighted by atomic mass is 10.1. The van der Waals surface area contributed by atoms with Crippen molar-refractivity contribution < 1.29 is 9.18 Å². The molecule has 1 amide bonds. The highest BCUT2D eigenvalue weighted by atomic mass is 35.5. The number of hydrogen-bond acceptors (Lipinski definition) is 2. The summed E-state index contributed by atoms with van der Waals surface area (Å²) >= 11 is 5.57. The van der Waals surface area contributed by atoms with Crippen LogP contribution in [0.25, 0.3) is 0 Å². The topological polar surface area (TPSA) is 55.1 Å². The van der Waals surface area contributed by atoms with Crippen molar-refractivity contribution in [2.75, 3.05) is 12.3 Å². The van der Waals surface area contributed by atoms with E-state index < -0.39 is 5.82 Å². The molecule has 0 spiro atoms. The van der Waals surface area contributed by atoms with Crippen LogP contribution < -0.4 is 11.1 Å². The zero-order valence-electron chi connectivity index (χ0n) is 10.7. The van der Waals surface area contributed by atoms with Gasteiger partial charge in [-0.25, -0.2) is 4.39 Å². The maximum absolute atomic E-state index is 13.2. The summed E-state index contributed by atoms with van der Waals surface area (Å²) in [6, 6.07) is 11.4. The molecule has 0 heterocycles. The summed E-state index contributed by atoms with van der Waals surface area (Å²) in [7, 11) is 0. The van der Waals surface area contributed by atoms with Crippen molar-refractivity contribution in [1.29, 1.82) is 0 Å². The Labute approximate surface area is 121 Å². The number of rotatable bonds is 4. The lowest BCUT2D eigenvalue weighted by molar-refractivity contribution is 0.0953. The number of anilines is 1. The first-order valence-electron chi connectivity index (χ1n) is 6.14. The SMILES string of the molecule is Nc1ccc(CCNC(=O)c2ccc(Cl)c(F)c2)cc1. The first-order valence-corrected chi connectivity index (χ1v) is 6.52. The van der Waals surface area contributed by atoms with Crippen LogP contribution in [0.1, 0.15) is 15.9 Å². The largest absolute Gasteiger partial charge is 0.399 e. The fourth-order valence-corrected chi connectivity index (χ4v) is 1.86. The zero-order chi connectivity index (χ0) is 14.5. The second-order valence-electron chi connectivity index (χ2n) is 4.38. The van der Waals surface area contributed by atoms with Gasteiger partial charge in [-0.1, -0.05) is 23.7 Å². The zero-order valence-corrected chi connectivity index (χ0v) is 11.5. The molecule has 3 nitrogen and oxygen atoms in total. The second-order valence-corrected chi connectivity index (χ2v) is 4.78. The van der Waals surface area contributed by atoms with Gasteiger partial charge in [-0.3, -0.25) is 4.79 Å². The predicted molar refractivity (Wildman–Crippen MR) is 78.3 cm³/mol. The molecule has 2 rings (SSSR count). The fraction of sp³-hybridized carbons (Fsp3) is 0.133. The van der Waals surface area contributed by atoms with E-state index in [0.717, 1.165) is 11.6 Å². The highest BCUT2D eigenvalue weighted by Gasteiger charge is 2.08. The summed E-state index contributed by atoms with van der Waals surface area (Å²) in [6.07, 6.45) is 0.683. The summed E-state index contributed by atoms with van der Waals surface area (Å²) in [5, 5.41) is 2.73. The molecule has 0 aliphatic heterocycles. The maximum atomic E-state index is 13.2. The van der Waals surface area contributed by atoms with Crippen molar-refractivity contribution in [3.8, 4) is 0 Å². The third kappa shape index (κ3) is 3.71. The third-order valence-electron chi connectivity index (χ3n) is 2.86. The van der Waals surface area contributed by atoms with Crippen LogP contribution in [0.3, 0.4) is 0 Å². The van der Waals surface area contributed by atoms with Crippen molar-refractivity contribution in [2.45, 2.75) is 6.42 Å². The standard InChI is InChI=1S/C15H14ClFN2O/c16-13-6-3-11(9-14(13)17)15(20)19-8-7-10-1-4-12(18)5-2-10/h1-6,9H,7-8,18H2,(H,19,20). The Morgan fingerprint density at radius 1 is 1.20 bits per heavy atom. The Bertz CT molecular complexity index is 614. The molecule has 0 radical (unpaired) electrons. The van der Waals surface area contributed by atoms with Crippen molar-refractivity contribution in [3.63, 3.8) is 0 Å². The van der Waals surface area contributed by atoms with Gasteiger partial charge in [0.15, 0.2) is 0 Å². The maximum Gasteiger partial charge on any atom is 0.251 e. The second kappa shape index (κ2) is 6.39. The van der Waals surface area contributed by atoms with E-state index in [1.807, 2.05) is 24.3 Å². The van der Waals surface area contributed by atoms with Crippen LogP contribution in [-0.2, 0) is 6.42 Å². The van der Waals surface area contributed by atoms with Crippen LogP contribution in [0, 0.1) is 5.82 Å². The number of nitrogens with one attached hydrogen (secondary N) is 1. The van der Waals surface area contributed by atoms with Crippen molar-refractivity contribution in [3.05, 3.63) is 64.4 Å². The first-order chi connectivity index (χ1) is 9.56. The molecule has 0 saturated carbocycles. The van der Waals surface area contributed by atoms with Crippen LogP contribution in [-0.4, -0.2) is 12.5 Å². The molecule has 0 aliphatic carbocycles. The molecule has 20 heavy (non-hydrogen) atoms. The first kappa shape index (κ1) is 14.3. The Kier molecular flexibility index (Phi) is 4.58. The van der Waals surface area contributed by atoms with E-state index in [1.54, 1.807) is 0 Å². The predicted octanol–water partition coefficient (Wildman–Crippen LogP) is 3.03. The average Bonchev–Trinajstić information content (AvgIpc) is 2.44. The number of halogens is 2. The van der Waals surface area contributed by atoms with Gasteiger partial charge in [-0.2, -0.15) is 0 Å². The van der Waals surface area contributed by atoms with Crippen LogP contribution in [0.15, 0.2) is 42.5 Å². The van der Waals surface area contributed by atoms with Crippen LogP contribution >= 0.6 is 11.6 Å². The molecule has 2 aromatic carbocycles. The Morgan fingerprint density at radius 2 is 1.90 bits per heavy atom. The Morgan fingerprint density at radius 3 is 2.55 bits per heavy atom. The number of nitrogens with two attached hydrogens (primary N) is 1. The highest BCUT2D eigenvalue weighted by Crippen LogP contribution is 2.15. The van der Waals surface area contributed by atoms with E-state index in [-0.39, 0.29) is 16.5 Å². The lowest BCUT2D eigenvalue weighted by Crippen LogP contribution is -2.25. The van der Waals surface area contributed by atoms with Gasteiger partial charge in [0.1, 0.15) is 5.82 Å². The quantitative estimate of drug-likeness (QED) is 0.851. The molecule has 5 heteroatoms. The summed E-state index contributed by atoms with van der Waals surface area (Å²) in [4.78, 5) is 11.8. The molecule has 0 atom stereocenters. The van der Waals surface area contributed by atoms with Gasteiger partial charge in [0.25, 0.3) is 5.91 Å². The van der Waals surface area contributed by atoms with E-state index in [9.17, 15) is 9.18 Å². The monoisotopic (exact) mass is 292 g/mol. The minimum atomic E-state index is -0.599. The number of amides is 1. The Balaban J connectivity index is 1.88. The number of benzene rings is 2. The summed E-state index contributed by atoms with van der Waals surface area (Å²) in [6.45, 7) is 0.465. The van der Waals surface area contributed by atoms with E-state index in [1.165, 1.54) is 12.1 Å². The van der Waals surface area contributed by atoms with Crippen molar-refractivity contribution >= 4 is 23.2 Å². The van der Waals surface area contributed by atoms with Crippen molar-refractivity contribution in [1.82, 2.24) is 5.32 Å². The summed E-state index contributed by atoms with van der Waals surface area (Å²) < 4.78 is 13.2. The van der Waals surface area contributed by atoms with Gasteiger partial charge in [-0.15, -0.1) is 0 Å². The minimum absolute atomic E-state index is 0.00317. The van der Waals surface area contributed by atoms with Gasteiger partial charge in [0, 0.05) is 17.8 Å². The molecule has 2 aromatic rings. The number of carbonyl (C=O) groups is 1. The van der Waals surface area contributed by atoms with Crippen molar-refractivity contribution in [2.24, 2.45) is 0 Å². The third-order valence-corrected chi connectivity index (χ3v) is 3.17. The molecule has 104 valence electrons. The molecule has 3 N–H and O–H groups in total.